The van der Waals surface area contributed by atoms with E-state index in [1.165, 1.54) is 0 Å². The van der Waals surface area contributed by atoms with Gasteiger partial charge in [-0.25, -0.2) is 4.79 Å². The van der Waals surface area contributed by atoms with Crippen LogP contribution in [0.15, 0.2) is 24.3 Å². The van der Waals surface area contributed by atoms with Crippen LogP contribution in [0.3, 0.4) is 0 Å². The third-order valence-electron chi connectivity index (χ3n) is 2.90. The first-order chi connectivity index (χ1) is 9.99. The molecule has 1 heterocycles. The molecule has 0 aliphatic carbocycles. The summed E-state index contributed by atoms with van der Waals surface area (Å²) in [6.07, 6.45) is 0. The van der Waals surface area contributed by atoms with E-state index in [0.29, 0.717) is 27.8 Å². The van der Waals surface area contributed by atoms with Crippen LogP contribution in [0, 0.1) is 6.92 Å². The number of carbonyl (C=O) groups is 1. The quantitative estimate of drug-likeness (QED) is 0.676. The van der Waals surface area contributed by atoms with Crippen LogP contribution in [0.2, 0.25) is 5.02 Å². The van der Waals surface area contributed by atoms with Crippen molar-refractivity contribution in [2.24, 2.45) is 7.05 Å². The minimum absolute atomic E-state index is 0.0443. The molecule has 112 valence electrons. The third-order valence-corrected chi connectivity index (χ3v) is 3.39. The number of esters is 1. The van der Waals surface area contributed by atoms with Crippen molar-refractivity contribution in [1.82, 2.24) is 9.78 Å². The first-order valence-corrected chi connectivity index (χ1v) is 6.67. The van der Waals surface area contributed by atoms with Crippen molar-refractivity contribution in [3.8, 4) is 5.75 Å². The fraction of sp³-hybridized carbons (Fsp3) is 0.286. The average molecular weight is 310 g/mol. The van der Waals surface area contributed by atoms with Crippen LogP contribution in [-0.2, 0) is 23.2 Å². The zero-order valence-electron chi connectivity index (χ0n) is 11.8. The summed E-state index contributed by atoms with van der Waals surface area (Å²) in [5.74, 6) is -0.0583. The molecular formula is C14H16ClN3O3. The molecule has 0 aliphatic rings. The topological polar surface area (TPSA) is 79.4 Å². The summed E-state index contributed by atoms with van der Waals surface area (Å²) in [5.41, 5.74) is 7.51. The highest BCUT2D eigenvalue weighted by Crippen LogP contribution is 2.21. The van der Waals surface area contributed by atoms with Crippen LogP contribution in [0.25, 0.3) is 0 Å². The number of para-hydroxylation sites is 2. The van der Waals surface area contributed by atoms with E-state index in [-0.39, 0.29) is 13.2 Å². The highest BCUT2D eigenvalue weighted by Gasteiger charge is 2.13. The number of rotatable bonds is 5. The molecule has 6 nitrogen and oxygen atoms in total. The number of anilines is 1. The predicted octanol–water partition coefficient (Wildman–Crippen LogP) is 2.09. The summed E-state index contributed by atoms with van der Waals surface area (Å²) >= 11 is 6.07. The lowest BCUT2D eigenvalue weighted by Crippen LogP contribution is -2.16. The molecule has 0 unspecified atom stereocenters. The second-order valence-electron chi connectivity index (χ2n) is 4.46. The van der Waals surface area contributed by atoms with Crippen molar-refractivity contribution in [2.75, 3.05) is 12.3 Å². The van der Waals surface area contributed by atoms with Crippen LogP contribution in [0.5, 0.6) is 5.75 Å². The van der Waals surface area contributed by atoms with Crippen molar-refractivity contribution >= 4 is 23.3 Å². The van der Waals surface area contributed by atoms with E-state index in [2.05, 4.69) is 5.10 Å². The van der Waals surface area contributed by atoms with Gasteiger partial charge in [0, 0.05) is 7.05 Å². The summed E-state index contributed by atoms with van der Waals surface area (Å²) in [6.45, 7) is 1.61. The van der Waals surface area contributed by atoms with Crippen molar-refractivity contribution in [3.05, 3.63) is 40.7 Å². The number of nitrogens with two attached hydrogens (primary N) is 1. The largest absolute Gasteiger partial charge is 0.480 e. The smallest absolute Gasteiger partial charge is 0.344 e. The number of aromatic nitrogens is 2. The Hall–Kier alpha value is -2.21. The Labute approximate surface area is 127 Å². The highest BCUT2D eigenvalue weighted by molar-refractivity contribution is 6.31. The minimum Gasteiger partial charge on any atom is -0.480 e. The van der Waals surface area contributed by atoms with Gasteiger partial charge in [-0.15, -0.1) is 0 Å². The molecule has 0 fully saturated rings. The first-order valence-electron chi connectivity index (χ1n) is 6.30. The summed E-state index contributed by atoms with van der Waals surface area (Å²) < 4.78 is 12.0. The first kappa shape index (κ1) is 15.2. The Bertz CT molecular complexity index is 655. The van der Waals surface area contributed by atoms with Gasteiger partial charge in [-0.2, -0.15) is 5.10 Å². The summed E-state index contributed by atoms with van der Waals surface area (Å²) in [4.78, 5) is 11.7. The zero-order valence-corrected chi connectivity index (χ0v) is 12.6. The number of benzene rings is 1. The van der Waals surface area contributed by atoms with Gasteiger partial charge >= 0.3 is 5.97 Å². The Kier molecular flexibility index (Phi) is 4.70. The second kappa shape index (κ2) is 6.49. The van der Waals surface area contributed by atoms with E-state index in [1.54, 1.807) is 42.9 Å². The van der Waals surface area contributed by atoms with Gasteiger partial charge in [0.1, 0.15) is 12.4 Å². The molecule has 2 rings (SSSR count). The molecule has 21 heavy (non-hydrogen) atoms. The second-order valence-corrected chi connectivity index (χ2v) is 4.83. The Morgan fingerprint density at radius 1 is 1.43 bits per heavy atom. The summed E-state index contributed by atoms with van der Waals surface area (Å²) in [7, 11) is 1.74. The van der Waals surface area contributed by atoms with E-state index in [4.69, 9.17) is 26.8 Å². The lowest BCUT2D eigenvalue weighted by Gasteiger charge is -2.09. The fourth-order valence-corrected chi connectivity index (χ4v) is 1.99. The minimum atomic E-state index is -0.506. The summed E-state index contributed by atoms with van der Waals surface area (Å²) in [6, 6.07) is 6.94. The maximum atomic E-state index is 11.7. The molecule has 0 bridgehead atoms. The van der Waals surface area contributed by atoms with Gasteiger partial charge in [-0.05, 0) is 19.1 Å². The molecular weight excluding hydrogens is 294 g/mol. The van der Waals surface area contributed by atoms with E-state index in [0.717, 1.165) is 0 Å². The summed E-state index contributed by atoms with van der Waals surface area (Å²) in [5, 5.41) is 4.64. The van der Waals surface area contributed by atoms with Gasteiger partial charge in [-0.1, -0.05) is 23.7 Å². The van der Waals surface area contributed by atoms with Crippen molar-refractivity contribution in [2.45, 2.75) is 13.5 Å². The molecule has 0 saturated carbocycles. The van der Waals surface area contributed by atoms with E-state index in [9.17, 15) is 4.79 Å². The molecule has 1 aromatic heterocycles. The maximum absolute atomic E-state index is 11.7. The van der Waals surface area contributed by atoms with Crippen LogP contribution in [0.1, 0.15) is 11.4 Å². The van der Waals surface area contributed by atoms with Gasteiger partial charge in [0.15, 0.2) is 6.61 Å². The number of hydrogen-bond acceptors (Lipinski definition) is 5. The van der Waals surface area contributed by atoms with Crippen molar-refractivity contribution < 1.29 is 14.3 Å². The number of aryl methyl sites for hydroxylation is 2. The number of halogens is 1. The fourth-order valence-electron chi connectivity index (χ4n) is 1.78. The molecule has 0 saturated heterocycles. The Morgan fingerprint density at radius 2 is 2.14 bits per heavy atom. The Morgan fingerprint density at radius 3 is 2.76 bits per heavy atom. The van der Waals surface area contributed by atoms with E-state index < -0.39 is 5.97 Å². The van der Waals surface area contributed by atoms with E-state index >= 15 is 0 Å². The van der Waals surface area contributed by atoms with Crippen LogP contribution in [0.4, 0.5) is 5.69 Å². The van der Waals surface area contributed by atoms with Crippen LogP contribution in [-0.4, -0.2) is 22.4 Å². The zero-order chi connectivity index (χ0) is 15.4. The number of nitrogen functional groups attached to an aromatic ring is 1. The standard InChI is InChI=1S/C14H16ClN3O3/c1-9-14(15)11(18(2)17-9)7-21-13(19)8-20-12-6-4-3-5-10(12)16/h3-6H,7-8,16H2,1-2H3. The Balaban J connectivity index is 1.87. The molecule has 1 aromatic carbocycles. The number of carbonyl (C=O) groups excluding carboxylic acids is 1. The SMILES string of the molecule is Cc1nn(C)c(COC(=O)COc2ccccc2N)c1Cl. The third kappa shape index (κ3) is 3.66. The average Bonchev–Trinajstić information content (AvgIpc) is 2.69. The van der Waals surface area contributed by atoms with Gasteiger partial charge in [0.25, 0.3) is 0 Å². The lowest BCUT2D eigenvalue weighted by atomic mass is 10.3. The van der Waals surface area contributed by atoms with Crippen molar-refractivity contribution in [3.63, 3.8) is 0 Å². The van der Waals surface area contributed by atoms with Gasteiger partial charge < -0.3 is 15.2 Å². The van der Waals surface area contributed by atoms with Crippen LogP contribution < -0.4 is 10.5 Å². The number of nitrogens with zero attached hydrogens (tertiary/aromatic N) is 2. The lowest BCUT2D eigenvalue weighted by molar-refractivity contribution is -0.147. The molecule has 0 radical (unpaired) electrons. The molecule has 0 aliphatic heterocycles. The van der Waals surface area contributed by atoms with Gasteiger partial charge in [0.2, 0.25) is 0 Å². The molecule has 0 amide bonds. The monoisotopic (exact) mass is 309 g/mol. The van der Waals surface area contributed by atoms with E-state index in [1.807, 2.05) is 0 Å². The molecule has 2 aromatic rings. The number of ether oxygens (including phenoxy) is 2. The van der Waals surface area contributed by atoms with Gasteiger partial charge in [-0.3, -0.25) is 4.68 Å². The predicted molar refractivity (Wildman–Crippen MR) is 79.1 cm³/mol. The highest BCUT2D eigenvalue weighted by atomic mass is 35.5. The molecule has 7 heteroatoms. The normalized spacial score (nSPS) is 10.4. The van der Waals surface area contributed by atoms with Crippen LogP contribution >= 0.6 is 11.6 Å². The molecule has 0 atom stereocenters. The molecule has 2 N–H and O–H groups in total. The van der Waals surface area contributed by atoms with Crippen molar-refractivity contribution in [1.29, 1.82) is 0 Å². The maximum Gasteiger partial charge on any atom is 0.344 e. The van der Waals surface area contributed by atoms with Gasteiger partial charge in [0.05, 0.1) is 22.1 Å². The number of hydrogen-bond donors (Lipinski definition) is 1. The molecule has 0 spiro atoms.